The van der Waals surface area contributed by atoms with Gasteiger partial charge in [-0.25, -0.2) is 9.97 Å². The molecule has 2 amide bonds. The fraction of sp³-hybridized carbons (Fsp3) is 0.489. The summed E-state index contributed by atoms with van der Waals surface area (Å²) in [4.78, 5) is 70.4. The number of carbonyl (C=O) groups excluding carboxylic acids is 4. The number of anilines is 2. The number of piperidine rings is 1. The highest BCUT2D eigenvalue weighted by atomic mass is 16.5. The van der Waals surface area contributed by atoms with Crippen LogP contribution in [0.15, 0.2) is 60.9 Å². The van der Waals surface area contributed by atoms with Crippen molar-refractivity contribution in [3.63, 3.8) is 0 Å². The molecule has 1 unspecified atom stereocenters. The lowest BCUT2D eigenvalue weighted by Gasteiger charge is -2.63. The van der Waals surface area contributed by atoms with E-state index in [0.717, 1.165) is 69.9 Å². The Morgan fingerprint density at radius 3 is 2.15 bits per heavy atom. The minimum Gasteiger partial charge on any atom is -0.489 e. The van der Waals surface area contributed by atoms with E-state index in [1.807, 2.05) is 18.2 Å². The number of amides is 2. The predicted molar refractivity (Wildman–Crippen MR) is 225 cm³/mol. The molecule has 0 spiro atoms. The molecule has 2 saturated heterocycles. The van der Waals surface area contributed by atoms with Crippen LogP contribution in [0.25, 0.3) is 0 Å². The summed E-state index contributed by atoms with van der Waals surface area (Å²) < 4.78 is 6.40. The molecule has 4 heterocycles. The van der Waals surface area contributed by atoms with Crippen molar-refractivity contribution in [2.45, 2.75) is 78.4 Å². The number of Topliss-reactive ketones (excluding diaryl/α,β-unsaturated/α-hetero) is 2. The molecule has 3 aliphatic heterocycles. The zero-order valence-corrected chi connectivity index (χ0v) is 34.9. The van der Waals surface area contributed by atoms with Crippen LogP contribution in [-0.2, 0) is 4.79 Å². The van der Waals surface area contributed by atoms with Crippen LogP contribution in [0.5, 0.6) is 5.75 Å². The topological polar surface area (TPSA) is 164 Å². The van der Waals surface area contributed by atoms with E-state index in [-0.39, 0.29) is 58.2 Å². The second-order valence-electron chi connectivity index (χ2n) is 18.4. The molecule has 2 aromatic carbocycles. The smallest absolute Gasteiger partial charge is 0.262 e. The van der Waals surface area contributed by atoms with Crippen molar-refractivity contribution < 1.29 is 23.9 Å². The molecule has 2 aliphatic carbocycles. The van der Waals surface area contributed by atoms with Crippen molar-refractivity contribution in [1.29, 1.82) is 10.5 Å². The highest BCUT2D eigenvalue weighted by molar-refractivity contribution is 6.23. The Balaban J connectivity index is 0.791. The fourth-order valence-electron chi connectivity index (χ4n) is 10.7. The molecule has 4 fully saturated rings. The van der Waals surface area contributed by atoms with Gasteiger partial charge in [-0.15, -0.1) is 0 Å². The lowest BCUT2D eigenvalue weighted by atomic mass is 9.44. The lowest BCUT2D eigenvalue weighted by molar-refractivity contribution is -0.196. The summed E-state index contributed by atoms with van der Waals surface area (Å²) in [5.41, 5.74) is 2.99. The number of hydrogen-bond donors (Lipinski definition) is 0. The van der Waals surface area contributed by atoms with Crippen molar-refractivity contribution in [2.24, 2.45) is 22.7 Å². The number of allylic oxidation sites excluding steroid dienone is 1. The van der Waals surface area contributed by atoms with E-state index in [9.17, 15) is 29.7 Å². The second kappa shape index (κ2) is 15.9. The van der Waals surface area contributed by atoms with Gasteiger partial charge in [0.1, 0.15) is 24.0 Å². The number of hydrogen-bond acceptors (Lipinski definition) is 12. The molecule has 13 nitrogen and oxygen atoms in total. The van der Waals surface area contributed by atoms with Gasteiger partial charge in [0.05, 0.1) is 33.9 Å². The molecule has 1 atom stereocenters. The SMILES string of the molecule is C=C1CCC(N2C(=O)c3ccc(N4CCN(CC5CCN(c6ncc(C(=O)CC7C(C)(C)C(Oc8ccc(C#N)c(C#N)c8)C7(C)C)cn6)CC5)CC4)cc3C2=O)C(=O)C1. The molecule has 310 valence electrons. The highest BCUT2D eigenvalue weighted by Gasteiger charge is 2.63. The number of nitriles is 2. The molecule has 13 heteroatoms. The molecule has 0 N–H and O–H groups in total. The van der Waals surface area contributed by atoms with Crippen LogP contribution < -0.4 is 14.5 Å². The van der Waals surface area contributed by atoms with Gasteiger partial charge in [-0.2, -0.15) is 10.5 Å². The van der Waals surface area contributed by atoms with Crippen LogP contribution in [0.3, 0.4) is 0 Å². The molecular formula is C47H52N8O5. The Kier molecular flexibility index (Phi) is 10.8. The van der Waals surface area contributed by atoms with Gasteiger partial charge in [0.2, 0.25) is 5.95 Å². The largest absolute Gasteiger partial charge is 0.489 e. The number of fused-ring (bicyclic) bond motifs is 1. The first-order valence-corrected chi connectivity index (χ1v) is 21.1. The summed E-state index contributed by atoms with van der Waals surface area (Å²) in [7, 11) is 0. The summed E-state index contributed by atoms with van der Waals surface area (Å²) in [5, 5.41) is 18.7. The molecule has 2 saturated carbocycles. The van der Waals surface area contributed by atoms with Crippen LogP contribution in [0.4, 0.5) is 11.6 Å². The van der Waals surface area contributed by atoms with Crippen molar-refractivity contribution in [3.05, 3.63) is 88.8 Å². The Morgan fingerprint density at radius 2 is 1.50 bits per heavy atom. The second-order valence-corrected chi connectivity index (χ2v) is 18.4. The van der Waals surface area contributed by atoms with Crippen LogP contribution in [0.1, 0.15) is 108 Å². The van der Waals surface area contributed by atoms with Crippen molar-refractivity contribution in [3.8, 4) is 17.9 Å². The summed E-state index contributed by atoms with van der Waals surface area (Å²) in [5.74, 6) is 0.910. The number of imide groups is 1. The van der Waals surface area contributed by atoms with E-state index in [4.69, 9.17) is 4.74 Å². The van der Waals surface area contributed by atoms with E-state index in [1.165, 1.54) is 4.90 Å². The fourth-order valence-corrected chi connectivity index (χ4v) is 10.7. The van der Waals surface area contributed by atoms with Crippen molar-refractivity contribution >= 4 is 35.0 Å². The van der Waals surface area contributed by atoms with E-state index >= 15 is 0 Å². The maximum atomic E-state index is 13.6. The Hall–Kier alpha value is -5.92. The average molecular weight is 809 g/mol. The first-order chi connectivity index (χ1) is 28.7. The minimum absolute atomic E-state index is 0.000939. The third-order valence-electron chi connectivity index (χ3n) is 13.9. The number of carbonyl (C=O) groups is 4. The quantitative estimate of drug-likeness (QED) is 0.129. The van der Waals surface area contributed by atoms with Crippen LogP contribution in [0.2, 0.25) is 0 Å². The number of piperazine rings is 1. The Bertz CT molecular complexity index is 2310. The van der Waals surface area contributed by atoms with Crippen molar-refractivity contribution in [2.75, 3.05) is 55.6 Å². The highest BCUT2D eigenvalue weighted by Crippen LogP contribution is 2.61. The first kappa shape index (κ1) is 40.8. The number of ether oxygens (including phenoxy) is 1. The van der Waals surface area contributed by atoms with Gasteiger partial charge >= 0.3 is 0 Å². The zero-order valence-electron chi connectivity index (χ0n) is 34.9. The number of aromatic nitrogens is 2. The summed E-state index contributed by atoms with van der Waals surface area (Å²) in [6.07, 6.45) is 6.80. The number of benzene rings is 2. The lowest BCUT2D eigenvalue weighted by Crippen LogP contribution is -2.66. The standard InChI is InChI=1S/C47H52N8O5/c1-29-6-11-38(40(57)20-29)55-42(58)36-10-8-34(22-37(36)43(55)59)53-18-16-52(17-19-53)28-30-12-14-54(15-13-30)45-50-26-33(27-51-45)39(56)23-41-46(2,3)44(47(41,4)5)60-35-9-7-31(24-48)32(21-35)25-49/h7-10,21-22,26-27,30,38,41,44H,1,6,11-20,23,28H2,2-5H3. The molecule has 0 bridgehead atoms. The van der Waals surface area contributed by atoms with Gasteiger partial charge in [-0.05, 0) is 73.9 Å². The number of ketones is 2. The molecule has 60 heavy (non-hydrogen) atoms. The van der Waals surface area contributed by atoms with Gasteiger partial charge < -0.3 is 14.5 Å². The summed E-state index contributed by atoms with van der Waals surface area (Å²) in [6, 6.07) is 13.8. The third-order valence-corrected chi connectivity index (χ3v) is 13.9. The average Bonchev–Trinajstić information content (AvgIpc) is 3.49. The van der Waals surface area contributed by atoms with E-state index in [1.54, 1.807) is 36.7 Å². The number of nitrogens with zero attached hydrogens (tertiary/aromatic N) is 8. The predicted octanol–water partition coefficient (Wildman–Crippen LogP) is 6.23. The normalized spacial score (nSPS) is 24.1. The van der Waals surface area contributed by atoms with Gasteiger partial charge in [0.25, 0.3) is 11.8 Å². The molecule has 8 rings (SSSR count). The van der Waals surface area contributed by atoms with Crippen LogP contribution in [-0.4, -0.2) is 101 Å². The molecule has 0 radical (unpaired) electrons. The Labute approximate surface area is 351 Å². The maximum Gasteiger partial charge on any atom is 0.262 e. The molecule has 3 aromatic rings. The summed E-state index contributed by atoms with van der Waals surface area (Å²) >= 11 is 0. The van der Waals surface area contributed by atoms with Gasteiger partial charge in [0.15, 0.2) is 11.6 Å². The number of rotatable bonds is 10. The van der Waals surface area contributed by atoms with Gasteiger partial charge in [-0.1, -0.05) is 39.8 Å². The molecule has 5 aliphatic rings. The van der Waals surface area contributed by atoms with Gasteiger partial charge in [-0.3, -0.25) is 29.0 Å². The van der Waals surface area contributed by atoms with E-state index in [0.29, 0.717) is 59.1 Å². The van der Waals surface area contributed by atoms with E-state index < -0.39 is 6.04 Å². The zero-order chi connectivity index (χ0) is 42.5. The van der Waals surface area contributed by atoms with Crippen molar-refractivity contribution in [1.82, 2.24) is 19.8 Å². The van der Waals surface area contributed by atoms with Crippen LogP contribution in [0, 0.1) is 45.3 Å². The minimum atomic E-state index is -0.712. The van der Waals surface area contributed by atoms with Crippen LogP contribution >= 0.6 is 0 Å². The molecular weight excluding hydrogens is 757 g/mol. The molecule has 1 aromatic heterocycles. The third kappa shape index (κ3) is 7.45. The monoisotopic (exact) mass is 808 g/mol. The van der Waals surface area contributed by atoms with E-state index in [2.05, 4.69) is 65.0 Å². The Morgan fingerprint density at radius 1 is 0.833 bits per heavy atom. The maximum absolute atomic E-state index is 13.6. The van der Waals surface area contributed by atoms with Gasteiger partial charge in [0, 0.05) is 87.6 Å². The first-order valence-electron chi connectivity index (χ1n) is 21.1. The summed E-state index contributed by atoms with van der Waals surface area (Å²) in [6.45, 7) is 18.5.